The molecule has 3 aromatic rings. The maximum Gasteiger partial charge on any atom is 0.266 e. The van der Waals surface area contributed by atoms with Crippen molar-refractivity contribution >= 4 is 51.9 Å². The lowest BCUT2D eigenvalue weighted by atomic mass is 10.1. The van der Waals surface area contributed by atoms with Gasteiger partial charge in [0.1, 0.15) is 4.32 Å². The lowest BCUT2D eigenvalue weighted by Gasteiger charge is -2.15. The van der Waals surface area contributed by atoms with Crippen LogP contribution in [0.2, 0.25) is 0 Å². The summed E-state index contributed by atoms with van der Waals surface area (Å²) >= 11 is 6.76. The van der Waals surface area contributed by atoms with E-state index in [1.165, 1.54) is 11.8 Å². The Bertz CT molecular complexity index is 1500. The molecule has 1 fully saturated rings. The lowest BCUT2D eigenvalue weighted by Crippen LogP contribution is -2.27. The van der Waals surface area contributed by atoms with Gasteiger partial charge < -0.3 is 24.3 Å². The van der Waals surface area contributed by atoms with E-state index in [4.69, 9.17) is 31.2 Å². The van der Waals surface area contributed by atoms with Crippen LogP contribution in [-0.2, 0) is 16.1 Å². The smallest absolute Gasteiger partial charge is 0.266 e. The van der Waals surface area contributed by atoms with Crippen molar-refractivity contribution in [3.63, 3.8) is 0 Å². The molecule has 8 nitrogen and oxygen atoms in total. The van der Waals surface area contributed by atoms with Crippen LogP contribution in [0.1, 0.15) is 29.2 Å². The fraction of sp³-hybridized carbons (Fsp3) is 0.233. The van der Waals surface area contributed by atoms with Crippen LogP contribution in [-0.4, -0.2) is 41.0 Å². The molecule has 0 aliphatic carbocycles. The third kappa shape index (κ3) is 6.40. The first-order chi connectivity index (χ1) is 19.3. The molecule has 10 heteroatoms. The number of anilines is 1. The summed E-state index contributed by atoms with van der Waals surface area (Å²) < 4.78 is 22.8. The van der Waals surface area contributed by atoms with E-state index in [9.17, 15) is 9.59 Å². The van der Waals surface area contributed by atoms with E-state index in [1.54, 1.807) is 23.1 Å². The highest BCUT2D eigenvalue weighted by Gasteiger charge is 2.32. The number of hydrogen-bond donors (Lipinski definition) is 1. The number of thiocarbonyl (C=S) groups is 1. The Morgan fingerprint density at radius 3 is 2.58 bits per heavy atom. The van der Waals surface area contributed by atoms with Crippen LogP contribution in [0.15, 0.2) is 59.5 Å². The molecule has 0 radical (unpaired) electrons. The molecule has 0 atom stereocenters. The molecule has 40 heavy (non-hydrogen) atoms. The second-order valence-electron chi connectivity index (χ2n) is 9.31. The summed E-state index contributed by atoms with van der Waals surface area (Å²) in [5, 5.41) is 2.86. The van der Waals surface area contributed by atoms with Gasteiger partial charge in [0.05, 0.1) is 18.1 Å². The Kier molecular flexibility index (Phi) is 8.27. The number of benzene rings is 3. The van der Waals surface area contributed by atoms with Crippen molar-refractivity contribution in [1.29, 1.82) is 0 Å². The minimum absolute atomic E-state index is 0.172. The van der Waals surface area contributed by atoms with Gasteiger partial charge in [-0.25, -0.2) is 0 Å². The van der Waals surface area contributed by atoms with Gasteiger partial charge in [0.25, 0.3) is 11.8 Å². The number of nitrogens with one attached hydrogen (secondary N) is 1. The van der Waals surface area contributed by atoms with Crippen molar-refractivity contribution in [2.45, 2.75) is 27.3 Å². The topological polar surface area (TPSA) is 86.3 Å². The maximum absolute atomic E-state index is 13.2. The monoisotopic (exact) mass is 576 g/mol. The lowest BCUT2D eigenvalue weighted by molar-refractivity contribution is -0.122. The number of nitrogens with zero attached hydrogens (tertiary/aromatic N) is 1. The molecular weight excluding hydrogens is 548 g/mol. The van der Waals surface area contributed by atoms with Crippen LogP contribution >= 0.6 is 24.0 Å². The molecule has 1 saturated heterocycles. The van der Waals surface area contributed by atoms with Crippen molar-refractivity contribution in [2.24, 2.45) is 0 Å². The van der Waals surface area contributed by atoms with E-state index in [2.05, 4.69) is 5.32 Å². The molecule has 2 aliphatic heterocycles. The second kappa shape index (κ2) is 12.0. The van der Waals surface area contributed by atoms with E-state index in [-0.39, 0.29) is 25.2 Å². The van der Waals surface area contributed by atoms with Crippen LogP contribution in [0, 0.1) is 13.8 Å². The summed E-state index contributed by atoms with van der Waals surface area (Å²) in [6.07, 6.45) is 1.78. The summed E-state index contributed by atoms with van der Waals surface area (Å²) in [6.45, 7) is 6.58. The zero-order valence-corrected chi connectivity index (χ0v) is 23.9. The van der Waals surface area contributed by atoms with Gasteiger partial charge >= 0.3 is 0 Å². The van der Waals surface area contributed by atoms with Gasteiger partial charge in [-0.1, -0.05) is 42.2 Å². The Morgan fingerprint density at radius 2 is 1.80 bits per heavy atom. The highest BCUT2D eigenvalue weighted by molar-refractivity contribution is 8.26. The molecule has 206 valence electrons. The summed E-state index contributed by atoms with van der Waals surface area (Å²) in [5.41, 5.74) is 4.50. The summed E-state index contributed by atoms with van der Waals surface area (Å²) in [5.74, 6) is 1.81. The average molecular weight is 577 g/mol. The second-order valence-corrected chi connectivity index (χ2v) is 11.0. The van der Waals surface area contributed by atoms with E-state index in [1.807, 2.05) is 63.2 Å². The number of thioether (sulfide) groups is 1. The van der Waals surface area contributed by atoms with Crippen molar-refractivity contribution in [3.05, 3.63) is 81.8 Å². The predicted molar refractivity (Wildman–Crippen MR) is 159 cm³/mol. The number of amides is 2. The normalized spacial score (nSPS) is 15.1. The summed E-state index contributed by atoms with van der Waals surface area (Å²) in [6, 6.07) is 16.8. The summed E-state index contributed by atoms with van der Waals surface area (Å²) in [7, 11) is 0. The first-order valence-corrected chi connectivity index (χ1v) is 13.9. The van der Waals surface area contributed by atoms with E-state index < -0.39 is 0 Å². The number of ether oxygens (including phenoxy) is 4. The van der Waals surface area contributed by atoms with Gasteiger partial charge in [-0.05, 0) is 85.5 Å². The highest BCUT2D eigenvalue weighted by atomic mass is 32.2. The van der Waals surface area contributed by atoms with E-state index >= 15 is 0 Å². The van der Waals surface area contributed by atoms with Gasteiger partial charge in [-0.15, -0.1) is 0 Å². The van der Waals surface area contributed by atoms with Gasteiger partial charge in [0.2, 0.25) is 6.79 Å². The SMILES string of the molecule is CCOc1cc(/C=C2\SC(=S)N(Cc3ccc4c(c3)OCO4)C2=O)ccc1OCC(=O)Nc1cc(C)cc(C)c1. The molecule has 2 amide bonds. The number of carbonyl (C=O) groups excluding carboxylic acids is 2. The van der Waals surface area contributed by atoms with E-state index in [0.29, 0.717) is 45.4 Å². The fourth-order valence-corrected chi connectivity index (χ4v) is 5.65. The predicted octanol–water partition coefficient (Wildman–Crippen LogP) is 5.85. The quantitative estimate of drug-likeness (QED) is 0.251. The van der Waals surface area contributed by atoms with Crippen molar-refractivity contribution < 1.29 is 28.5 Å². The number of carbonyl (C=O) groups is 2. The number of aryl methyl sites for hydroxylation is 2. The van der Waals surface area contributed by atoms with Crippen molar-refractivity contribution in [3.8, 4) is 23.0 Å². The van der Waals surface area contributed by atoms with E-state index in [0.717, 1.165) is 27.9 Å². The first-order valence-electron chi connectivity index (χ1n) is 12.7. The Labute approximate surface area is 242 Å². The van der Waals surface area contributed by atoms with Gasteiger partial charge in [0.15, 0.2) is 29.6 Å². The molecule has 0 spiro atoms. The van der Waals surface area contributed by atoms with Crippen molar-refractivity contribution in [1.82, 2.24) is 4.90 Å². The largest absolute Gasteiger partial charge is 0.490 e. The first kappa shape index (κ1) is 27.5. The van der Waals surface area contributed by atoms with Crippen molar-refractivity contribution in [2.75, 3.05) is 25.3 Å². The Hall–Kier alpha value is -4.02. The van der Waals surface area contributed by atoms with Crippen LogP contribution in [0.3, 0.4) is 0 Å². The molecule has 3 aromatic carbocycles. The fourth-order valence-electron chi connectivity index (χ4n) is 4.40. The van der Waals surface area contributed by atoms with Crippen LogP contribution in [0.5, 0.6) is 23.0 Å². The molecule has 2 aliphatic rings. The highest BCUT2D eigenvalue weighted by Crippen LogP contribution is 2.37. The maximum atomic E-state index is 13.2. The molecule has 0 saturated carbocycles. The molecule has 0 unspecified atom stereocenters. The minimum Gasteiger partial charge on any atom is -0.490 e. The van der Waals surface area contributed by atoms with Crippen LogP contribution in [0.4, 0.5) is 5.69 Å². The van der Waals surface area contributed by atoms with Gasteiger partial charge in [-0.2, -0.15) is 0 Å². The van der Waals surface area contributed by atoms with Gasteiger partial charge in [0, 0.05) is 5.69 Å². The van der Waals surface area contributed by atoms with Crippen LogP contribution in [0.25, 0.3) is 6.08 Å². The third-order valence-electron chi connectivity index (χ3n) is 6.08. The van der Waals surface area contributed by atoms with Gasteiger partial charge in [-0.3, -0.25) is 14.5 Å². The zero-order valence-electron chi connectivity index (χ0n) is 22.3. The molecule has 5 rings (SSSR count). The Morgan fingerprint density at radius 1 is 1.02 bits per heavy atom. The molecule has 0 bridgehead atoms. The van der Waals surface area contributed by atoms with Crippen LogP contribution < -0.4 is 24.3 Å². The number of rotatable bonds is 9. The third-order valence-corrected chi connectivity index (χ3v) is 7.46. The number of hydrogen-bond acceptors (Lipinski definition) is 8. The molecule has 0 aromatic heterocycles. The average Bonchev–Trinajstić information content (AvgIpc) is 3.47. The molecular formula is C30H28N2O6S2. The summed E-state index contributed by atoms with van der Waals surface area (Å²) in [4.78, 5) is 27.8. The molecule has 2 heterocycles. The Balaban J connectivity index is 1.25. The minimum atomic E-state index is -0.275. The number of fused-ring (bicyclic) bond motifs is 1. The standard InChI is InChI=1S/C30H28N2O6S2/c1-4-35-25-12-20(5-7-23(25)36-16-28(33)31-22-10-18(2)9-19(3)11-22)14-27-29(34)32(30(39)40-27)15-21-6-8-24-26(13-21)38-17-37-24/h5-14H,4,15-17H2,1-3H3,(H,31,33)/b27-14-. The zero-order chi connectivity index (χ0) is 28.2. The molecule has 1 N–H and O–H groups in total.